The van der Waals surface area contributed by atoms with Crippen LogP contribution >= 0.6 is 0 Å². The molecule has 0 aromatic heterocycles. The summed E-state index contributed by atoms with van der Waals surface area (Å²) < 4.78 is 40.4. The molecular formula is C13H16F3NO. The van der Waals surface area contributed by atoms with Gasteiger partial charge in [0.1, 0.15) is 5.75 Å². The van der Waals surface area contributed by atoms with Crippen molar-refractivity contribution in [3.63, 3.8) is 0 Å². The second kappa shape index (κ2) is 4.71. The van der Waals surface area contributed by atoms with Crippen LogP contribution in [0.25, 0.3) is 0 Å². The van der Waals surface area contributed by atoms with E-state index in [4.69, 9.17) is 0 Å². The van der Waals surface area contributed by atoms with Crippen molar-refractivity contribution in [1.29, 1.82) is 0 Å². The maximum absolute atomic E-state index is 12.2. The first kappa shape index (κ1) is 13.1. The van der Waals surface area contributed by atoms with Crippen LogP contribution < -0.4 is 10.1 Å². The minimum Gasteiger partial charge on any atom is -0.406 e. The van der Waals surface area contributed by atoms with Crippen molar-refractivity contribution in [2.45, 2.75) is 32.5 Å². The summed E-state index contributed by atoms with van der Waals surface area (Å²) in [4.78, 5) is 0. The molecule has 0 aliphatic carbocycles. The Labute approximate surface area is 104 Å². The predicted octanol–water partition coefficient (Wildman–Crippen LogP) is 4.14. The number of benzene rings is 1. The average Bonchev–Trinajstić information content (AvgIpc) is 2.58. The fraction of sp³-hybridized carbons (Fsp3) is 0.538. The molecule has 0 fully saturated rings. The zero-order valence-corrected chi connectivity index (χ0v) is 10.3. The topological polar surface area (TPSA) is 21.3 Å². The van der Waals surface area contributed by atoms with Crippen LogP contribution in [-0.4, -0.2) is 12.9 Å². The lowest BCUT2D eigenvalue weighted by Gasteiger charge is -2.14. The summed E-state index contributed by atoms with van der Waals surface area (Å²) in [7, 11) is 0. The zero-order valence-electron chi connectivity index (χ0n) is 10.3. The number of rotatable bonds is 3. The number of ether oxygens (including phenoxy) is 1. The Balaban J connectivity index is 2.20. The smallest absolute Gasteiger partial charge is 0.406 e. The third-order valence-electron chi connectivity index (χ3n) is 2.99. The summed E-state index contributed by atoms with van der Waals surface area (Å²) in [6.07, 6.45) is -3.68. The third kappa shape index (κ3) is 3.09. The van der Waals surface area contributed by atoms with E-state index in [1.807, 2.05) is 0 Å². The van der Waals surface area contributed by atoms with Gasteiger partial charge in [-0.25, -0.2) is 0 Å². The summed E-state index contributed by atoms with van der Waals surface area (Å²) in [5.74, 6) is 0.630. The molecule has 18 heavy (non-hydrogen) atoms. The van der Waals surface area contributed by atoms with Gasteiger partial charge in [-0.3, -0.25) is 0 Å². The molecule has 100 valence electrons. The van der Waals surface area contributed by atoms with Crippen LogP contribution in [0, 0.1) is 5.92 Å². The monoisotopic (exact) mass is 259 g/mol. The van der Waals surface area contributed by atoms with E-state index in [2.05, 4.69) is 23.9 Å². The highest BCUT2D eigenvalue weighted by atomic mass is 19.4. The Morgan fingerprint density at radius 3 is 2.72 bits per heavy atom. The summed E-state index contributed by atoms with van der Waals surface area (Å²) in [5.41, 5.74) is 1.83. The van der Waals surface area contributed by atoms with Crippen LogP contribution in [0.15, 0.2) is 18.2 Å². The molecule has 1 heterocycles. The van der Waals surface area contributed by atoms with Gasteiger partial charge in [-0.2, -0.15) is 0 Å². The van der Waals surface area contributed by atoms with E-state index in [1.165, 1.54) is 12.1 Å². The number of halogens is 3. The maximum Gasteiger partial charge on any atom is 0.573 e. The van der Waals surface area contributed by atoms with Crippen molar-refractivity contribution in [2.75, 3.05) is 11.9 Å². The Hall–Kier alpha value is -1.39. The second-order valence-corrected chi connectivity index (χ2v) is 5.00. The largest absolute Gasteiger partial charge is 0.573 e. The Morgan fingerprint density at radius 2 is 2.11 bits per heavy atom. The van der Waals surface area contributed by atoms with Crippen LogP contribution in [0.4, 0.5) is 18.9 Å². The van der Waals surface area contributed by atoms with Crippen molar-refractivity contribution < 1.29 is 17.9 Å². The summed E-state index contributed by atoms with van der Waals surface area (Å²) in [6.45, 7) is 4.99. The molecule has 0 spiro atoms. The lowest BCUT2D eigenvalue weighted by atomic mass is 9.92. The van der Waals surface area contributed by atoms with Gasteiger partial charge in [0.15, 0.2) is 0 Å². The Morgan fingerprint density at radius 1 is 1.39 bits per heavy atom. The van der Waals surface area contributed by atoms with Gasteiger partial charge in [-0.1, -0.05) is 13.8 Å². The standard InChI is InChI=1S/C13H16F3NO/c1-8(2)5-9-7-17-12-4-3-10(6-11(9)12)18-13(14,15)16/h3-4,6,8-9,17H,5,7H2,1-2H3. The molecule has 0 amide bonds. The lowest BCUT2D eigenvalue weighted by molar-refractivity contribution is -0.274. The van der Waals surface area contributed by atoms with Crippen molar-refractivity contribution in [3.8, 4) is 5.75 Å². The molecule has 1 aliphatic rings. The SMILES string of the molecule is CC(C)CC1CNc2ccc(OC(F)(F)F)cc21. The first-order valence-electron chi connectivity index (χ1n) is 5.98. The van der Waals surface area contributed by atoms with E-state index < -0.39 is 6.36 Å². The Kier molecular flexibility index (Phi) is 3.41. The molecule has 2 nitrogen and oxygen atoms in total. The van der Waals surface area contributed by atoms with Crippen LogP contribution in [0.2, 0.25) is 0 Å². The highest BCUT2D eigenvalue weighted by molar-refractivity contribution is 5.60. The van der Waals surface area contributed by atoms with E-state index >= 15 is 0 Å². The highest BCUT2D eigenvalue weighted by Crippen LogP contribution is 2.38. The quantitative estimate of drug-likeness (QED) is 0.880. The highest BCUT2D eigenvalue weighted by Gasteiger charge is 2.32. The molecular weight excluding hydrogens is 243 g/mol. The van der Waals surface area contributed by atoms with E-state index in [-0.39, 0.29) is 11.7 Å². The molecule has 1 aliphatic heterocycles. The van der Waals surface area contributed by atoms with Crippen molar-refractivity contribution in [2.24, 2.45) is 5.92 Å². The number of fused-ring (bicyclic) bond motifs is 1. The lowest BCUT2D eigenvalue weighted by Crippen LogP contribution is -2.17. The van der Waals surface area contributed by atoms with Gasteiger partial charge in [-0.05, 0) is 36.1 Å². The molecule has 1 N–H and O–H groups in total. The summed E-state index contributed by atoms with van der Waals surface area (Å²) >= 11 is 0. The van der Waals surface area contributed by atoms with Crippen LogP contribution in [-0.2, 0) is 0 Å². The normalized spacial score (nSPS) is 18.7. The Bertz CT molecular complexity index is 429. The maximum atomic E-state index is 12.2. The summed E-state index contributed by atoms with van der Waals surface area (Å²) in [6, 6.07) is 4.49. The minimum absolute atomic E-state index is 0.140. The molecule has 2 rings (SSSR count). The zero-order chi connectivity index (χ0) is 13.3. The molecule has 1 aromatic rings. The minimum atomic E-state index is -4.63. The van der Waals surface area contributed by atoms with Gasteiger partial charge < -0.3 is 10.1 Å². The fourth-order valence-electron chi connectivity index (χ4n) is 2.36. The predicted molar refractivity (Wildman–Crippen MR) is 63.8 cm³/mol. The van der Waals surface area contributed by atoms with Gasteiger partial charge in [0, 0.05) is 18.2 Å². The van der Waals surface area contributed by atoms with E-state index in [9.17, 15) is 13.2 Å². The molecule has 5 heteroatoms. The van der Waals surface area contributed by atoms with E-state index in [1.54, 1.807) is 6.07 Å². The number of hydrogen-bond donors (Lipinski definition) is 1. The summed E-state index contributed by atoms with van der Waals surface area (Å²) in [5, 5.41) is 3.21. The molecule has 1 aromatic carbocycles. The molecule has 1 atom stereocenters. The van der Waals surface area contributed by atoms with Gasteiger partial charge in [-0.15, -0.1) is 13.2 Å². The molecule has 0 bridgehead atoms. The van der Waals surface area contributed by atoms with Crippen LogP contribution in [0.1, 0.15) is 31.7 Å². The van der Waals surface area contributed by atoms with Crippen LogP contribution in [0.5, 0.6) is 5.75 Å². The molecule has 0 saturated heterocycles. The third-order valence-corrected chi connectivity index (χ3v) is 2.99. The number of anilines is 1. The molecule has 0 saturated carbocycles. The fourth-order valence-corrected chi connectivity index (χ4v) is 2.36. The average molecular weight is 259 g/mol. The van der Waals surface area contributed by atoms with Gasteiger partial charge in [0.25, 0.3) is 0 Å². The van der Waals surface area contributed by atoms with Gasteiger partial charge >= 0.3 is 6.36 Å². The van der Waals surface area contributed by atoms with Crippen molar-refractivity contribution >= 4 is 5.69 Å². The van der Waals surface area contributed by atoms with E-state index in [0.29, 0.717) is 5.92 Å². The number of hydrogen-bond acceptors (Lipinski definition) is 2. The molecule has 0 radical (unpaired) electrons. The molecule has 1 unspecified atom stereocenters. The number of nitrogens with one attached hydrogen (secondary N) is 1. The second-order valence-electron chi connectivity index (χ2n) is 5.00. The van der Waals surface area contributed by atoms with Gasteiger partial charge in [0.2, 0.25) is 0 Å². The van der Waals surface area contributed by atoms with Crippen molar-refractivity contribution in [3.05, 3.63) is 23.8 Å². The first-order chi connectivity index (χ1) is 8.35. The van der Waals surface area contributed by atoms with Gasteiger partial charge in [0.05, 0.1) is 0 Å². The van der Waals surface area contributed by atoms with Crippen LogP contribution in [0.3, 0.4) is 0 Å². The number of alkyl halides is 3. The van der Waals surface area contributed by atoms with Crippen molar-refractivity contribution in [1.82, 2.24) is 0 Å². The van der Waals surface area contributed by atoms with E-state index in [0.717, 1.165) is 24.2 Å². The first-order valence-corrected chi connectivity index (χ1v) is 5.98.